The van der Waals surface area contributed by atoms with E-state index in [1.54, 1.807) is 10.7 Å². The van der Waals surface area contributed by atoms with E-state index in [0.717, 1.165) is 0 Å². The Balaban J connectivity index is 2.44. The normalized spacial score (nSPS) is 13.0. The van der Waals surface area contributed by atoms with Gasteiger partial charge in [-0.05, 0) is 28.9 Å². The van der Waals surface area contributed by atoms with Gasteiger partial charge in [0, 0.05) is 12.1 Å². The fourth-order valence-electron chi connectivity index (χ4n) is 1.54. The van der Waals surface area contributed by atoms with Gasteiger partial charge in [-0.2, -0.15) is 5.10 Å². The second kappa shape index (κ2) is 4.61. The lowest BCUT2D eigenvalue weighted by Crippen LogP contribution is -2.09. The monoisotopic (exact) mass is 304 g/mol. The van der Waals surface area contributed by atoms with Crippen LogP contribution in [0.1, 0.15) is 24.3 Å². The van der Waals surface area contributed by atoms with Crippen LogP contribution in [0, 0.1) is 0 Å². The lowest BCUT2D eigenvalue weighted by atomic mass is 10.1. The molecule has 2 aromatic rings. The topological polar surface area (TPSA) is 51.2 Å². The van der Waals surface area contributed by atoms with Crippen LogP contribution in [0.15, 0.2) is 27.6 Å². The van der Waals surface area contributed by atoms with Crippen molar-refractivity contribution in [1.29, 1.82) is 0 Å². The van der Waals surface area contributed by atoms with Gasteiger partial charge in [0.1, 0.15) is 6.10 Å². The van der Waals surface area contributed by atoms with E-state index in [1.807, 2.05) is 6.92 Å². The van der Waals surface area contributed by atoms with Gasteiger partial charge in [-0.3, -0.25) is 4.68 Å². The van der Waals surface area contributed by atoms with Crippen LogP contribution in [0.5, 0.6) is 0 Å². The van der Waals surface area contributed by atoms with Gasteiger partial charge in [-0.15, -0.1) is 0 Å². The molecule has 0 amide bonds. The maximum Gasteiger partial charge on any atom is 0.175 e. The fraction of sp³-hybridized carbons (Fsp3) is 0.300. The van der Waals surface area contributed by atoms with Crippen LogP contribution < -0.4 is 0 Å². The van der Waals surface area contributed by atoms with E-state index < -0.39 is 6.10 Å². The Labute approximate surface area is 106 Å². The summed E-state index contributed by atoms with van der Waals surface area (Å²) in [6.45, 7) is 2.58. The molecule has 6 heteroatoms. The average Bonchev–Trinajstić information content (AvgIpc) is 2.83. The van der Waals surface area contributed by atoms with Crippen LogP contribution in [-0.4, -0.2) is 14.9 Å². The Bertz CT molecular complexity index is 495. The maximum absolute atomic E-state index is 10.2. The quantitative estimate of drug-likeness (QED) is 0.948. The van der Waals surface area contributed by atoms with E-state index in [1.165, 1.54) is 12.5 Å². The van der Waals surface area contributed by atoms with Gasteiger partial charge in [-0.25, -0.2) is 0 Å². The van der Waals surface area contributed by atoms with E-state index in [4.69, 9.17) is 16.0 Å². The summed E-state index contributed by atoms with van der Waals surface area (Å²) in [6.07, 6.45) is 2.18. The smallest absolute Gasteiger partial charge is 0.175 e. The van der Waals surface area contributed by atoms with Gasteiger partial charge in [0.25, 0.3) is 0 Å². The maximum atomic E-state index is 10.2. The molecule has 0 saturated heterocycles. The Morgan fingerprint density at radius 1 is 1.69 bits per heavy atom. The van der Waals surface area contributed by atoms with Crippen molar-refractivity contribution < 1.29 is 9.52 Å². The Hall–Kier alpha value is -0.780. The highest BCUT2D eigenvalue weighted by Gasteiger charge is 2.22. The molecule has 2 aromatic heterocycles. The number of halogens is 2. The minimum Gasteiger partial charge on any atom is -0.457 e. The summed E-state index contributed by atoms with van der Waals surface area (Å²) in [5, 5.41) is 14.7. The zero-order chi connectivity index (χ0) is 11.7. The lowest BCUT2D eigenvalue weighted by Gasteiger charge is -2.11. The number of aryl methyl sites for hydroxylation is 1. The number of rotatable bonds is 3. The third-order valence-electron chi connectivity index (χ3n) is 2.33. The predicted molar refractivity (Wildman–Crippen MR) is 63.4 cm³/mol. The Morgan fingerprint density at radius 2 is 2.44 bits per heavy atom. The van der Waals surface area contributed by atoms with Crippen molar-refractivity contribution >= 4 is 27.5 Å². The first kappa shape index (κ1) is 11.7. The third-order valence-corrected chi connectivity index (χ3v) is 3.27. The van der Waals surface area contributed by atoms with E-state index >= 15 is 0 Å². The van der Waals surface area contributed by atoms with E-state index in [2.05, 4.69) is 21.0 Å². The standard InChI is InChI=1S/C10H10BrClN2O2/c1-2-14-8(7(12)5-13-14)9(15)6-3-4-16-10(6)11/h3-5,9,15H,2H2,1H3. The molecule has 0 spiro atoms. The first-order chi connectivity index (χ1) is 7.65. The minimum absolute atomic E-state index is 0.447. The predicted octanol–water partition coefficient (Wildman–Crippen LogP) is 2.99. The van der Waals surface area contributed by atoms with Crippen LogP contribution in [0.25, 0.3) is 0 Å². The number of aromatic nitrogens is 2. The molecule has 2 rings (SSSR count). The molecule has 0 aliphatic heterocycles. The highest BCUT2D eigenvalue weighted by molar-refractivity contribution is 9.10. The second-order valence-electron chi connectivity index (χ2n) is 3.25. The van der Waals surface area contributed by atoms with E-state index in [-0.39, 0.29) is 0 Å². The van der Waals surface area contributed by atoms with Crippen molar-refractivity contribution in [2.45, 2.75) is 19.6 Å². The van der Waals surface area contributed by atoms with Crippen LogP contribution in [-0.2, 0) is 6.54 Å². The zero-order valence-electron chi connectivity index (χ0n) is 8.52. The molecule has 4 nitrogen and oxygen atoms in total. The number of nitrogens with zero attached hydrogens (tertiary/aromatic N) is 2. The summed E-state index contributed by atoms with van der Waals surface area (Å²) >= 11 is 9.22. The van der Waals surface area contributed by atoms with Crippen molar-refractivity contribution in [3.05, 3.63) is 39.5 Å². The summed E-state index contributed by atoms with van der Waals surface area (Å²) in [6, 6.07) is 1.69. The molecule has 0 aliphatic rings. The van der Waals surface area contributed by atoms with Crippen molar-refractivity contribution in [2.24, 2.45) is 0 Å². The van der Waals surface area contributed by atoms with Gasteiger partial charge in [0.2, 0.25) is 0 Å². The molecule has 2 heterocycles. The Morgan fingerprint density at radius 3 is 3.00 bits per heavy atom. The molecular weight excluding hydrogens is 295 g/mol. The highest BCUT2D eigenvalue weighted by atomic mass is 79.9. The number of hydrogen-bond donors (Lipinski definition) is 1. The van der Waals surface area contributed by atoms with Gasteiger partial charge in [0.15, 0.2) is 4.67 Å². The third kappa shape index (κ3) is 1.90. The molecule has 86 valence electrons. The fourth-order valence-corrected chi connectivity index (χ4v) is 2.24. The number of hydrogen-bond acceptors (Lipinski definition) is 3. The number of furan rings is 1. The summed E-state index contributed by atoms with van der Waals surface area (Å²) in [4.78, 5) is 0. The van der Waals surface area contributed by atoms with E-state index in [9.17, 15) is 5.11 Å². The zero-order valence-corrected chi connectivity index (χ0v) is 10.9. The second-order valence-corrected chi connectivity index (χ2v) is 4.37. The van der Waals surface area contributed by atoms with Crippen LogP contribution in [0.3, 0.4) is 0 Å². The molecule has 0 saturated carbocycles. The summed E-state index contributed by atoms with van der Waals surface area (Å²) in [7, 11) is 0. The van der Waals surface area contributed by atoms with Gasteiger partial charge < -0.3 is 9.52 Å². The molecule has 1 atom stereocenters. The molecule has 1 N–H and O–H groups in total. The van der Waals surface area contributed by atoms with Gasteiger partial charge >= 0.3 is 0 Å². The lowest BCUT2D eigenvalue weighted by molar-refractivity contribution is 0.206. The van der Waals surface area contributed by atoms with Gasteiger partial charge in [0.05, 0.1) is 23.2 Å². The molecule has 16 heavy (non-hydrogen) atoms. The highest BCUT2D eigenvalue weighted by Crippen LogP contribution is 2.32. The van der Waals surface area contributed by atoms with E-state index in [0.29, 0.717) is 27.5 Å². The first-order valence-corrected chi connectivity index (χ1v) is 5.94. The van der Waals surface area contributed by atoms with Crippen LogP contribution in [0.4, 0.5) is 0 Å². The molecular formula is C10H10BrClN2O2. The summed E-state index contributed by atoms with van der Waals surface area (Å²) in [5.41, 5.74) is 1.21. The van der Waals surface area contributed by atoms with Gasteiger partial charge in [-0.1, -0.05) is 11.6 Å². The van der Waals surface area contributed by atoms with Crippen LogP contribution in [0.2, 0.25) is 5.02 Å². The minimum atomic E-state index is -0.844. The number of aliphatic hydroxyl groups is 1. The van der Waals surface area contributed by atoms with Crippen molar-refractivity contribution in [1.82, 2.24) is 9.78 Å². The number of aliphatic hydroxyl groups excluding tert-OH is 1. The van der Waals surface area contributed by atoms with Crippen LogP contribution >= 0.6 is 27.5 Å². The molecule has 0 fully saturated rings. The average molecular weight is 306 g/mol. The summed E-state index contributed by atoms with van der Waals surface area (Å²) < 4.78 is 7.24. The van der Waals surface area contributed by atoms with Crippen molar-refractivity contribution in [2.75, 3.05) is 0 Å². The molecule has 0 bridgehead atoms. The Kier molecular flexibility index (Phi) is 3.37. The SMILES string of the molecule is CCn1ncc(Cl)c1C(O)c1ccoc1Br. The molecule has 0 aliphatic carbocycles. The molecule has 0 aromatic carbocycles. The first-order valence-electron chi connectivity index (χ1n) is 4.77. The molecule has 0 radical (unpaired) electrons. The van der Waals surface area contributed by atoms with Crippen molar-refractivity contribution in [3.63, 3.8) is 0 Å². The molecule has 1 unspecified atom stereocenters. The largest absolute Gasteiger partial charge is 0.457 e. The summed E-state index contributed by atoms with van der Waals surface area (Å²) in [5.74, 6) is 0. The van der Waals surface area contributed by atoms with Crippen molar-refractivity contribution in [3.8, 4) is 0 Å².